The lowest BCUT2D eigenvalue weighted by atomic mass is 10.8. The van der Waals surface area contributed by atoms with E-state index in [0.29, 0.717) is 0 Å². The lowest BCUT2D eigenvalue weighted by molar-refractivity contribution is -0.0471. The zero-order chi connectivity index (χ0) is 4.83. The Hall–Kier alpha value is -0.150. The van der Waals surface area contributed by atoms with E-state index in [-0.39, 0.29) is 6.61 Å². The maximum absolute atomic E-state index is 10.9. The van der Waals surface area contributed by atoms with Gasteiger partial charge in [-0.2, -0.15) is 0 Å². The first-order valence-corrected chi connectivity index (χ1v) is 1.63. The van der Waals surface area contributed by atoms with Crippen molar-refractivity contribution in [3.05, 3.63) is 0 Å². The van der Waals surface area contributed by atoms with Gasteiger partial charge in [-0.25, -0.2) is 9.50 Å². The molecule has 6 heavy (non-hydrogen) atoms. The molecule has 0 fully saturated rings. The van der Waals surface area contributed by atoms with Crippen LogP contribution < -0.4 is 0 Å². The van der Waals surface area contributed by atoms with Crippen molar-refractivity contribution in [1.82, 2.24) is 0 Å². The molecule has 2 nitrogen and oxygen atoms in total. The van der Waals surface area contributed by atoms with E-state index in [1.807, 2.05) is 0 Å². The zero-order valence-corrected chi connectivity index (χ0v) is 3.32. The second kappa shape index (κ2) is 4.85. The molecule has 1 radical (unpaired) electrons. The molecule has 0 heterocycles. The first-order valence-electron chi connectivity index (χ1n) is 1.63. The van der Waals surface area contributed by atoms with Crippen molar-refractivity contribution in [2.24, 2.45) is 0 Å². The lowest BCUT2D eigenvalue weighted by Crippen LogP contribution is -1.94. The fourth-order valence-electron chi connectivity index (χ4n) is 0.113. The largest absolute Gasteiger partial charge is 0.350 e. The Morgan fingerprint density at radius 2 is 2.33 bits per heavy atom. The monoisotopic (exact) mass is 93.0 g/mol. The van der Waals surface area contributed by atoms with Crippen molar-refractivity contribution in [3.63, 3.8) is 0 Å². The van der Waals surface area contributed by atoms with E-state index in [0.717, 1.165) is 0 Å². The normalized spacial score (nSPS) is 9.00. The number of hydrogen-bond acceptors (Lipinski definition) is 1. The van der Waals surface area contributed by atoms with E-state index in [4.69, 9.17) is 0 Å². The van der Waals surface area contributed by atoms with E-state index < -0.39 is 13.5 Å². The summed E-state index contributed by atoms with van der Waals surface area (Å²) in [5, 5.41) is 9.30. The number of rotatable bonds is 3. The van der Waals surface area contributed by atoms with E-state index in [2.05, 4.69) is 4.74 Å². The fraction of sp³-hybridized carbons (Fsp3) is 1.00. The molecule has 0 bridgehead atoms. The molecule has 0 aliphatic rings. The molecule has 0 amide bonds. The van der Waals surface area contributed by atoms with Crippen LogP contribution in [0.15, 0.2) is 0 Å². The van der Waals surface area contributed by atoms with Crippen LogP contribution >= 0.6 is 0 Å². The predicted molar refractivity (Wildman–Crippen MR) is 17.5 cm³/mol. The van der Waals surface area contributed by atoms with Gasteiger partial charge in [0.1, 0.15) is 6.67 Å². The summed E-state index contributed by atoms with van der Waals surface area (Å²) in [5.74, 6) is 0. The van der Waals surface area contributed by atoms with Crippen molar-refractivity contribution < 1.29 is 14.2 Å². The molecule has 0 aliphatic carbocycles. The number of halogens is 1. The zero-order valence-electron chi connectivity index (χ0n) is 3.32. The Morgan fingerprint density at radius 3 is 2.50 bits per heavy atom. The number of ether oxygens (including phenoxy) is 1. The van der Waals surface area contributed by atoms with Gasteiger partial charge in [0.15, 0.2) is 6.79 Å². The van der Waals surface area contributed by atoms with Crippen molar-refractivity contribution in [1.29, 1.82) is 0 Å². The summed E-state index contributed by atoms with van der Waals surface area (Å²) < 4.78 is 15.0. The van der Waals surface area contributed by atoms with Gasteiger partial charge >= 0.3 is 0 Å². The third-order valence-corrected chi connectivity index (χ3v) is 0.305. The highest BCUT2D eigenvalue weighted by Gasteiger charge is 1.77. The molecule has 0 unspecified atom stereocenters. The molecule has 0 atom stereocenters. The van der Waals surface area contributed by atoms with Crippen molar-refractivity contribution in [2.45, 2.75) is 0 Å². The van der Waals surface area contributed by atoms with Crippen LogP contribution in [0.25, 0.3) is 0 Å². The third-order valence-electron chi connectivity index (χ3n) is 0.305. The third kappa shape index (κ3) is 3.85. The van der Waals surface area contributed by atoms with Crippen molar-refractivity contribution >= 4 is 0 Å². The van der Waals surface area contributed by atoms with E-state index >= 15 is 0 Å². The Kier molecular flexibility index (Phi) is 4.73. The molecule has 0 saturated heterocycles. The summed E-state index contributed by atoms with van der Waals surface area (Å²) in [7, 11) is 0. The second-order valence-electron chi connectivity index (χ2n) is 0.715. The Labute approximate surface area is 35.5 Å². The minimum Gasteiger partial charge on any atom is -0.350 e. The summed E-state index contributed by atoms with van der Waals surface area (Å²) in [5.41, 5.74) is 0. The van der Waals surface area contributed by atoms with Gasteiger partial charge in [0.25, 0.3) is 0 Å². The van der Waals surface area contributed by atoms with E-state index in [1.165, 1.54) is 0 Å². The highest BCUT2D eigenvalue weighted by Crippen LogP contribution is 1.69. The fourth-order valence-corrected chi connectivity index (χ4v) is 0.113. The Balaban J connectivity index is 2.34. The molecule has 37 valence electrons. The minimum atomic E-state index is -0.635. The van der Waals surface area contributed by atoms with Gasteiger partial charge in [-0.1, -0.05) is 0 Å². The van der Waals surface area contributed by atoms with Crippen LogP contribution in [-0.2, 0) is 9.84 Å². The standard InChI is InChI=1S/C3H6FO2/c4-1-2-6-3-5/h1-3H2. The van der Waals surface area contributed by atoms with Gasteiger partial charge in [-0.15, -0.1) is 0 Å². The molecule has 0 rings (SSSR count). The lowest BCUT2D eigenvalue weighted by Gasteiger charge is -1.87. The van der Waals surface area contributed by atoms with Gasteiger partial charge < -0.3 is 4.74 Å². The average Bonchev–Trinajstić information content (AvgIpc) is 1.61. The maximum Gasteiger partial charge on any atom is 0.180 e. The smallest absolute Gasteiger partial charge is 0.180 e. The number of hydrogen-bond donors (Lipinski definition) is 0. The van der Waals surface area contributed by atoms with Crippen LogP contribution in [0.4, 0.5) is 4.39 Å². The van der Waals surface area contributed by atoms with Gasteiger partial charge in [-0.3, -0.25) is 0 Å². The van der Waals surface area contributed by atoms with Gasteiger partial charge in [0, 0.05) is 0 Å². The average molecular weight is 93.1 g/mol. The molecule has 0 aliphatic heterocycles. The quantitative estimate of drug-likeness (QED) is 0.366. The molecule has 0 N–H and O–H groups in total. The Bertz CT molecular complexity index is 20.8. The Morgan fingerprint density at radius 1 is 1.67 bits per heavy atom. The van der Waals surface area contributed by atoms with Gasteiger partial charge in [-0.05, 0) is 0 Å². The molecule has 0 saturated carbocycles. The highest BCUT2D eigenvalue weighted by atomic mass is 19.1. The molecular formula is C3H6FO2. The second-order valence-corrected chi connectivity index (χ2v) is 0.715. The summed E-state index contributed by atoms with van der Waals surface area (Å²) >= 11 is 0. The molecular weight excluding hydrogens is 87.0 g/mol. The van der Waals surface area contributed by atoms with Crippen LogP contribution in [0.5, 0.6) is 0 Å². The van der Waals surface area contributed by atoms with Crippen LogP contribution in [0.1, 0.15) is 0 Å². The topological polar surface area (TPSA) is 29.1 Å². The van der Waals surface area contributed by atoms with Crippen LogP contribution in [-0.4, -0.2) is 20.1 Å². The molecule has 0 spiro atoms. The minimum absolute atomic E-state index is 0.0660. The van der Waals surface area contributed by atoms with Crippen molar-refractivity contribution in [3.8, 4) is 0 Å². The van der Waals surface area contributed by atoms with Crippen molar-refractivity contribution in [2.75, 3.05) is 20.1 Å². The first kappa shape index (κ1) is 5.85. The summed E-state index contributed by atoms with van der Waals surface area (Å²) in [4.78, 5) is 0. The number of alkyl halides is 1. The summed E-state index contributed by atoms with van der Waals surface area (Å²) in [6, 6.07) is 0. The van der Waals surface area contributed by atoms with E-state index in [9.17, 15) is 9.50 Å². The van der Waals surface area contributed by atoms with Crippen LogP contribution in [0, 0.1) is 0 Å². The highest BCUT2D eigenvalue weighted by molar-refractivity contribution is 4.15. The molecule has 0 aromatic carbocycles. The molecule has 3 heteroatoms. The maximum atomic E-state index is 10.9. The van der Waals surface area contributed by atoms with Gasteiger partial charge in [0.2, 0.25) is 0 Å². The first-order chi connectivity index (χ1) is 2.91. The summed E-state index contributed by atoms with van der Waals surface area (Å²) in [6.45, 7) is -1.27. The molecule has 0 aromatic heterocycles. The van der Waals surface area contributed by atoms with Crippen LogP contribution in [0.2, 0.25) is 0 Å². The predicted octanol–water partition coefficient (Wildman–Crippen LogP) is 0.361. The summed E-state index contributed by atoms with van der Waals surface area (Å²) in [6.07, 6.45) is 0. The van der Waals surface area contributed by atoms with E-state index in [1.54, 1.807) is 0 Å². The van der Waals surface area contributed by atoms with Crippen LogP contribution in [0.3, 0.4) is 0 Å². The van der Waals surface area contributed by atoms with Gasteiger partial charge in [0.05, 0.1) is 6.61 Å². The SMILES string of the molecule is [O]COCCF. The molecule has 0 aromatic rings.